The van der Waals surface area contributed by atoms with E-state index in [9.17, 15) is 16.8 Å². The third-order valence-corrected chi connectivity index (χ3v) is 5.67. The number of primary sulfonamides is 1. The first-order valence-corrected chi connectivity index (χ1v) is 9.61. The largest absolute Gasteiger partial charge is 0.396 e. The Morgan fingerprint density at radius 3 is 2.10 bits per heavy atom. The summed E-state index contributed by atoms with van der Waals surface area (Å²) in [6, 6.07) is 4.61. The van der Waals surface area contributed by atoms with Crippen LogP contribution in [0.15, 0.2) is 23.1 Å². The van der Waals surface area contributed by atoms with Gasteiger partial charge in [-0.2, -0.15) is 4.31 Å². The molecule has 0 amide bonds. The number of hydrogen-bond acceptors (Lipinski definition) is 6. The molecule has 118 valence electrons. The van der Waals surface area contributed by atoms with Crippen LogP contribution in [0.3, 0.4) is 0 Å². The molecule has 1 aromatic rings. The molecule has 10 heteroatoms. The van der Waals surface area contributed by atoms with E-state index in [0.717, 1.165) is 0 Å². The molecule has 0 spiro atoms. The molecule has 21 heavy (non-hydrogen) atoms. The highest BCUT2D eigenvalue weighted by Crippen LogP contribution is 2.29. The maximum Gasteiger partial charge on any atom is 0.240 e. The van der Waals surface area contributed by atoms with Gasteiger partial charge in [-0.1, -0.05) is 6.07 Å². The van der Waals surface area contributed by atoms with Gasteiger partial charge in [0.1, 0.15) is 4.90 Å². The first-order valence-electron chi connectivity index (χ1n) is 6.22. The van der Waals surface area contributed by atoms with Gasteiger partial charge in [-0.3, -0.25) is 0 Å². The summed E-state index contributed by atoms with van der Waals surface area (Å²) >= 11 is 0. The Hall–Kier alpha value is -1.36. The van der Waals surface area contributed by atoms with Gasteiger partial charge in [-0.05, 0) is 12.1 Å². The summed E-state index contributed by atoms with van der Waals surface area (Å²) in [7, 11) is -7.10. The lowest BCUT2D eigenvalue weighted by Crippen LogP contribution is -2.48. The molecule has 4 N–H and O–H groups in total. The lowest BCUT2D eigenvalue weighted by molar-refractivity contribution is 0.388. The van der Waals surface area contributed by atoms with Crippen molar-refractivity contribution in [3.8, 4) is 0 Å². The van der Waals surface area contributed by atoms with Crippen molar-refractivity contribution in [1.82, 2.24) is 4.31 Å². The molecule has 1 saturated heterocycles. The monoisotopic (exact) mass is 334 g/mol. The topological polar surface area (TPSA) is 127 Å². The molecule has 0 atom stereocenters. The Balaban J connectivity index is 2.26. The minimum absolute atomic E-state index is 0.0906. The third-order valence-electron chi connectivity index (χ3n) is 3.40. The molecule has 1 aliphatic heterocycles. The molecule has 0 radical (unpaired) electrons. The number of nitrogens with zero attached hydrogens (tertiary/aromatic N) is 2. The number of anilines is 2. The van der Waals surface area contributed by atoms with Crippen LogP contribution in [0.1, 0.15) is 0 Å². The summed E-state index contributed by atoms with van der Waals surface area (Å²) in [6.07, 6.45) is 1.17. The van der Waals surface area contributed by atoms with Gasteiger partial charge in [-0.25, -0.2) is 22.0 Å². The van der Waals surface area contributed by atoms with Gasteiger partial charge < -0.3 is 10.6 Å². The first kappa shape index (κ1) is 16.0. The first-order chi connectivity index (χ1) is 9.60. The second-order valence-electron chi connectivity index (χ2n) is 4.88. The van der Waals surface area contributed by atoms with Gasteiger partial charge in [0.2, 0.25) is 20.0 Å². The molecule has 1 aromatic carbocycles. The standard InChI is InChI=1S/C11H18N4O4S2/c1-20(16,17)15-7-5-14(6-8-15)9-3-2-4-10(11(9)12)21(13,18)19/h2-4H,5-8,12H2,1H3,(H2,13,18,19). The van der Waals surface area contributed by atoms with Crippen LogP contribution in [0.25, 0.3) is 0 Å². The predicted octanol–water partition coefficient (Wildman–Crippen LogP) is -1.00. The van der Waals surface area contributed by atoms with Crippen molar-refractivity contribution in [3.63, 3.8) is 0 Å². The van der Waals surface area contributed by atoms with Crippen LogP contribution >= 0.6 is 0 Å². The Kier molecular flexibility index (Phi) is 4.15. The maximum atomic E-state index is 11.5. The molecule has 1 heterocycles. The third kappa shape index (κ3) is 3.46. The Morgan fingerprint density at radius 2 is 1.62 bits per heavy atom. The van der Waals surface area contributed by atoms with E-state index in [2.05, 4.69) is 0 Å². The minimum atomic E-state index is -3.89. The number of benzene rings is 1. The highest BCUT2D eigenvalue weighted by molar-refractivity contribution is 7.89. The van der Waals surface area contributed by atoms with Gasteiger partial charge in [0.25, 0.3) is 0 Å². The van der Waals surface area contributed by atoms with Gasteiger partial charge in [0.15, 0.2) is 0 Å². The lowest BCUT2D eigenvalue weighted by Gasteiger charge is -2.35. The van der Waals surface area contributed by atoms with Gasteiger partial charge >= 0.3 is 0 Å². The maximum absolute atomic E-state index is 11.5. The van der Waals surface area contributed by atoms with Crippen molar-refractivity contribution in [1.29, 1.82) is 0 Å². The molecule has 0 bridgehead atoms. The molecule has 1 fully saturated rings. The van der Waals surface area contributed by atoms with E-state index in [4.69, 9.17) is 10.9 Å². The van der Waals surface area contributed by atoms with E-state index in [1.54, 1.807) is 12.1 Å². The minimum Gasteiger partial charge on any atom is -0.396 e. The van der Waals surface area contributed by atoms with E-state index < -0.39 is 20.0 Å². The number of rotatable bonds is 3. The van der Waals surface area contributed by atoms with Crippen molar-refractivity contribution in [3.05, 3.63) is 18.2 Å². The summed E-state index contributed by atoms with van der Waals surface area (Å²) < 4.78 is 47.2. The van der Waals surface area contributed by atoms with E-state index in [1.165, 1.54) is 16.6 Å². The smallest absolute Gasteiger partial charge is 0.240 e. The van der Waals surface area contributed by atoms with Gasteiger partial charge in [0.05, 0.1) is 17.6 Å². The Bertz CT molecular complexity index is 737. The Labute approximate surface area is 124 Å². The van der Waals surface area contributed by atoms with Crippen molar-refractivity contribution in [2.24, 2.45) is 5.14 Å². The Morgan fingerprint density at radius 1 is 1.05 bits per heavy atom. The molecular weight excluding hydrogens is 316 g/mol. The van der Waals surface area contributed by atoms with Crippen LogP contribution in [0.4, 0.5) is 11.4 Å². The molecule has 1 aliphatic rings. The fourth-order valence-corrected chi connectivity index (χ4v) is 3.82. The zero-order valence-electron chi connectivity index (χ0n) is 11.6. The molecule has 2 rings (SSSR count). The lowest BCUT2D eigenvalue weighted by atomic mass is 10.2. The summed E-state index contributed by atoms with van der Waals surface area (Å²) in [5, 5.41) is 5.12. The SMILES string of the molecule is CS(=O)(=O)N1CCN(c2cccc(S(N)(=O)=O)c2N)CC1. The van der Waals surface area contributed by atoms with Crippen molar-refractivity contribution >= 4 is 31.4 Å². The quantitative estimate of drug-likeness (QED) is 0.683. The van der Waals surface area contributed by atoms with E-state index in [-0.39, 0.29) is 10.6 Å². The highest BCUT2D eigenvalue weighted by Gasteiger charge is 2.25. The number of sulfonamides is 2. The van der Waals surface area contributed by atoms with E-state index in [0.29, 0.717) is 31.9 Å². The van der Waals surface area contributed by atoms with Crippen molar-refractivity contribution in [2.45, 2.75) is 4.90 Å². The van der Waals surface area contributed by atoms with Crippen LogP contribution in [0.5, 0.6) is 0 Å². The fourth-order valence-electron chi connectivity index (χ4n) is 2.32. The van der Waals surface area contributed by atoms with Gasteiger partial charge in [-0.15, -0.1) is 0 Å². The molecule has 0 saturated carbocycles. The summed E-state index contributed by atoms with van der Waals surface area (Å²) in [5.74, 6) is 0. The summed E-state index contributed by atoms with van der Waals surface area (Å²) in [6.45, 7) is 1.53. The summed E-state index contributed by atoms with van der Waals surface area (Å²) in [5.41, 5.74) is 6.53. The normalized spacial score (nSPS) is 17.9. The average Bonchev–Trinajstić information content (AvgIpc) is 2.37. The van der Waals surface area contributed by atoms with Crippen LogP contribution < -0.4 is 15.8 Å². The predicted molar refractivity (Wildman–Crippen MR) is 80.9 cm³/mol. The molecule has 8 nitrogen and oxygen atoms in total. The number of nitrogens with two attached hydrogens (primary N) is 2. The number of nitrogen functional groups attached to an aromatic ring is 1. The van der Waals surface area contributed by atoms with Gasteiger partial charge in [0, 0.05) is 26.2 Å². The van der Waals surface area contributed by atoms with Crippen LogP contribution in [-0.4, -0.2) is 53.6 Å². The number of para-hydroxylation sites is 1. The summed E-state index contributed by atoms with van der Waals surface area (Å²) in [4.78, 5) is 1.73. The van der Waals surface area contributed by atoms with Crippen molar-refractivity contribution < 1.29 is 16.8 Å². The average molecular weight is 334 g/mol. The van der Waals surface area contributed by atoms with E-state index in [1.807, 2.05) is 4.90 Å². The van der Waals surface area contributed by atoms with Crippen LogP contribution in [0, 0.1) is 0 Å². The van der Waals surface area contributed by atoms with Crippen LogP contribution in [0.2, 0.25) is 0 Å². The number of piperazine rings is 1. The molecule has 0 aliphatic carbocycles. The molecule has 0 unspecified atom stereocenters. The fraction of sp³-hybridized carbons (Fsp3) is 0.455. The van der Waals surface area contributed by atoms with E-state index >= 15 is 0 Å². The van der Waals surface area contributed by atoms with Crippen molar-refractivity contribution in [2.75, 3.05) is 43.1 Å². The highest BCUT2D eigenvalue weighted by atomic mass is 32.2. The second-order valence-corrected chi connectivity index (χ2v) is 8.40. The zero-order chi connectivity index (χ0) is 15.8. The second kappa shape index (κ2) is 5.44. The zero-order valence-corrected chi connectivity index (χ0v) is 13.2. The van der Waals surface area contributed by atoms with Crippen LogP contribution in [-0.2, 0) is 20.0 Å². The molecule has 0 aromatic heterocycles. The number of hydrogen-bond donors (Lipinski definition) is 2. The molecular formula is C11H18N4O4S2.